The fraction of sp³-hybridized carbons (Fsp3) is 0.409. The highest BCUT2D eigenvalue weighted by molar-refractivity contribution is 5.79. The van der Waals surface area contributed by atoms with E-state index in [4.69, 9.17) is 0 Å². The lowest BCUT2D eigenvalue weighted by Crippen LogP contribution is -2.51. The SMILES string of the molecule is Cc1ccc(CCCC(=O)N2CCN(C(=O)Cc3ccccn3)CC2)cc1. The van der Waals surface area contributed by atoms with Crippen LogP contribution in [0.5, 0.6) is 0 Å². The van der Waals surface area contributed by atoms with Crippen molar-refractivity contribution in [2.45, 2.75) is 32.6 Å². The quantitative estimate of drug-likeness (QED) is 0.791. The van der Waals surface area contributed by atoms with Gasteiger partial charge in [-0.2, -0.15) is 0 Å². The number of hydrogen-bond acceptors (Lipinski definition) is 3. The Kier molecular flexibility index (Phi) is 6.58. The molecular weight excluding hydrogens is 338 g/mol. The van der Waals surface area contributed by atoms with Gasteiger partial charge < -0.3 is 9.80 Å². The molecule has 1 saturated heterocycles. The average molecular weight is 365 g/mol. The van der Waals surface area contributed by atoms with Crippen molar-refractivity contribution >= 4 is 11.8 Å². The summed E-state index contributed by atoms with van der Waals surface area (Å²) in [6, 6.07) is 14.1. The van der Waals surface area contributed by atoms with Crippen LogP contribution in [0, 0.1) is 6.92 Å². The maximum atomic E-state index is 12.4. The molecule has 1 fully saturated rings. The summed E-state index contributed by atoms with van der Waals surface area (Å²) in [4.78, 5) is 32.7. The van der Waals surface area contributed by atoms with Crippen LogP contribution >= 0.6 is 0 Å². The Morgan fingerprint density at radius 3 is 2.22 bits per heavy atom. The molecule has 0 radical (unpaired) electrons. The van der Waals surface area contributed by atoms with E-state index in [1.54, 1.807) is 6.20 Å². The van der Waals surface area contributed by atoms with E-state index in [0.29, 0.717) is 39.0 Å². The topological polar surface area (TPSA) is 53.5 Å². The second-order valence-corrected chi connectivity index (χ2v) is 7.10. The summed E-state index contributed by atoms with van der Waals surface area (Å²) in [7, 11) is 0. The first-order valence-corrected chi connectivity index (χ1v) is 9.63. The zero-order valence-corrected chi connectivity index (χ0v) is 15.9. The third-order valence-corrected chi connectivity index (χ3v) is 5.02. The van der Waals surface area contributed by atoms with Gasteiger partial charge in [-0.05, 0) is 37.5 Å². The van der Waals surface area contributed by atoms with Crippen LogP contribution in [0.3, 0.4) is 0 Å². The predicted molar refractivity (Wildman–Crippen MR) is 105 cm³/mol. The van der Waals surface area contributed by atoms with Gasteiger partial charge in [-0.3, -0.25) is 14.6 Å². The molecule has 2 amide bonds. The van der Waals surface area contributed by atoms with Crippen LogP contribution in [0.2, 0.25) is 0 Å². The van der Waals surface area contributed by atoms with Gasteiger partial charge in [0.15, 0.2) is 0 Å². The van der Waals surface area contributed by atoms with Crippen LogP contribution in [0.15, 0.2) is 48.7 Å². The molecule has 142 valence electrons. The van der Waals surface area contributed by atoms with Crippen molar-refractivity contribution in [3.05, 3.63) is 65.5 Å². The zero-order chi connectivity index (χ0) is 19.1. The number of pyridine rings is 1. The summed E-state index contributed by atoms with van der Waals surface area (Å²) in [5.41, 5.74) is 3.32. The first-order chi connectivity index (χ1) is 13.1. The number of carbonyl (C=O) groups is 2. The van der Waals surface area contributed by atoms with E-state index in [1.165, 1.54) is 11.1 Å². The van der Waals surface area contributed by atoms with Gasteiger partial charge in [-0.1, -0.05) is 35.9 Å². The average Bonchev–Trinajstić information content (AvgIpc) is 2.70. The highest BCUT2D eigenvalue weighted by Gasteiger charge is 2.23. The molecule has 0 atom stereocenters. The van der Waals surface area contributed by atoms with Gasteiger partial charge in [0.2, 0.25) is 11.8 Å². The van der Waals surface area contributed by atoms with E-state index >= 15 is 0 Å². The van der Waals surface area contributed by atoms with E-state index in [2.05, 4.69) is 36.2 Å². The molecule has 27 heavy (non-hydrogen) atoms. The summed E-state index contributed by atoms with van der Waals surface area (Å²) in [6.45, 7) is 4.54. The third-order valence-electron chi connectivity index (χ3n) is 5.02. The molecule has 0 N–H and O–H groups in total. The number of aromatic nitrogens is 1. The van der Waals surface area contributed by atoms with Crippen LogP contribution in [-0.2, 0) is 22.4 Å². The van der Waals surface area contributed by atoms with Crippen molar-refractivity contribution in [3.63, 3.8) is 0 Å². The minimum Gasteiger partial charge on any atom is -0.339 e. The first-order valence-electron chi connectivity index (χ1n) is 9.63. The molecule has 1 aromatic carbocycles. The maximum absolute atomic E-state index is 12.4. The van der Waals surface area contributed by atoms with Gasteiger partial charge in [0.25, 0.3) is 0 Å². The molecule has 0 saturated carbocycles. The maximum Gasteiger partial charge on any atom is 0.228 e. The van der Waals surface area contributed by atoms with E-state index in [0.717, 1.165) is 18.5 Å². The van der Waals surface area contributed by atoms with Crippen LogP contribution in [0.1, 0.15) is 29.7 Å². The van der Waals surface area contributed by atoms with E-state index in [9.17, 15) is 9.59 Å². The summed E-state index contributed by atoms with van der Waals surface area (Å²) >= 11 is 0. The Balaban J connectivity index is 1.38. The lowest BCUT2D eigenvalue weighted by Gasteiger charge is -2.35. The van der Waals surface area contributed by atoms with Gasteiger partial charge >= 0.3 is 0 Å². The summed E-state index contributed by atoms with van der Waals surface area (Å²) in [6.07, 6.45) is 4.38. The van der Waals surface area contributed by atoms with Crippen molar-refractivity contribution in [2.75, 3.05) is 26.2 Å². The van der Waals surface area contributed by atoms with Crippen molar-refractivity contribution in [1.29, 1.82) is 0 Å². The Bertz CT molecular complexity index is 751. The normalized spacial score (nSPS) is 14.3. The van der Waals surface area contributed by atoms with Crippen LogP contribution in [0.4, 0.5) is 0 Å². The fourth-order valence-electron chi connectivity index (χ4n) is 3.33. The second kappa shape index (κ2) is 9.31. The van der Waals surface area contributed by atoms with Crippen LogP contribution in [-0.4, -0.2) is 52.8 Å². The fourth-order valence-corrected chi connectivity index (χ4v) is 3.33. The molecule has 1 aliphatic rings. The van der Waals surface area contributed by atoms with Crippen LogP contribution in [0.25, 0.3) is 0 Å². The Labute approximate surface area is 161 Å². The molecule has 0 spiro atoms. The molecular formula is C22H27N3O2. The van der Waals surface area contributed by atoms with Crippen LogP contribution < -0.4 is 0 Å². The molecule has 5 heteroatoms. The monoisotopic (exact) mass is 365 g/mol. The van der Waals surface area contributed by atoms with Crippen molar-refractivity contribution in [2.24, 2.45) is 0 Å². The minimum atomic E-state index is 0.0835. The molecule has 2 aromatic rings. The van der Waals surface area contributed by atoms with Crippen molar-refractivity contribution in [1.82, 2.24) is 14.8 Å². The number of hydrogen-bond donors (Lipinski definition) is 0. The molecule has 1 aromatic heterocycles. The number of nitrogens with zero attached hydrogens (tertiary/aromatic N) is 3. The van der Waals surface area contributed by atoms with Gasteiger partial charge in [0.1, 0.15) is 0 Å². The van der Waals surface area contributed by atoms with Gasteiger partial charge in [-0.15, -0.1) is 0 Å². The van der Waals surface area contributed by atoms with Gasteiger partial charge in [-0.25, -0.2) is 0 Å². The number of aryl methyl sites for hydroxylation is 2. The largest absolute Gasteiger partial charge is 0.339 e. The lowest BCUT2D eigenvalue weighted by molar-refractivity contribution is -0.139. The van der Waals surface area contributed by atoms with E-state index in [-0.39, 0.29) is 11.8 Å². The molecule has 1 aliphatic heterocycles. The van der Waals surface area contributed by atoms with E-state index in [1.807, 2.05) is 28.0 Å². The number of amides is 2. The standard InChI is InChI=1S/C22H27N3O2/c1-18-8-10-19(11-9-18)5-4-7-21(26)24-13-15-25(16-14-24)22(27)17-20-6-2-3-12-23-20/h2-3,6,8-12H,4-5,7,13-17H2,1H3. The van der Waals surface area contributed by atoms with Crippen molar-refractivity contribution < 1.29 is 9.59 Å². The first kappa shape index (κ1) is 19.1. The Morgan fingerprint density at radius 1 is 0.926 bits per heavy atom. The number of rotatable bonds is 6. The molecule has 0 unspecified atom stereocenters. The number of benzene rings is 1. The second-order valence-electron chi connectivity index (χ2n) is 7.10. The highest BCUT2D eigenvalue weighted by Crippen LogP contribution is 2.11. The summed E-state index contributed by atoms with van der Waals surface area (Å²) in [5.74, 6) is 0.277. The third kappa shape index (κ3) is 5.64. The Morgan fingerprint density at radius 2 is 1.59 bits per heavy atom. The summed E-state index contributed by atoms with van der Waals surface area (Å²) in [5, 5.41) is 0. The number of piperazine rings is 1. The van der Waals surface area contributed by atoms with Gasteiger partial charge in [0.05, 0.1) is 6.42 Å². The highest BCUT2D eigenvalue weighted by atomic mass is 16.2. The predicted octanol–water partition coefficient (Wildman–Crippen LogP) is 2.63. The molecule has 2 heterocycles. The van der Waals surface area contributed by atoms with E-state index < -0.39 is 0 Å². The minimum absolute atomic E-state index is 0.0835. The number of carbonyl (C=O) groups excluding carboxylic acids is 2. The smallest absolute Gasteiger partial charge is 0.228 e. The van der Waals surface area contributed by atoms with Gasteiger partial charge in [0, 0.05) is 44.5 Å². The molecule has 0 bridgehead atoms. The zero-order valence-electron chi connectivity index (χ0n) is 15.9. The lowest BCUT2D eigenvalue weighted by atomic mass is 10.1. The van der Waals surface area contributed by atoms with Crippen molar-refractivity contribution in [3.8, 4) is 0 Å². The molecule has 5 nitrogen and oxygen atoms in total. The Hall–Kier alpha value is -2.69. The molecule has 0 aliphatic carbocycles. The molecule has 3 rings (SSSR count). The summed E-state index contributed by atoms with van der Waals surface area (Å²) < 4.78 is 0.